The van der Waals surface area contributed by atoms with Gasteiger partial charge >= 0.3 is 0 Å². The molecule has 0 saturated carbocycles. The van der Waals surface area contributed by atoms with Crippen molar-refractivity contribution in [1.82, 2.24) is 10.6 Å². The molecule has 60 valence electrons. The van der Waals surface area contributed by atoms with E-state index in [1.807, 2.05) is 0 Å². The third-order valence-electron chi connectivity index (χ3n) is 0.957. The first-order valence-electron chi connectivity index (χ1n) is 3.41. The zero-order valence-electron chi connectivity index (χ0n) is 6.66. The molecule has 1 heterocycles. The van der Waals surface area contributed by atoms with Crippen LogP contribution in [0.5, 0.6) is 0 Å². The summed E-state index contributed by atoms with van der Waals surface area (Å²) in [6.07, 6.45) is 0. The predicted molar refractivity (Wildman–Crippen MR) is 48.2 cm³/mol. The fraction of sp³-hybridized carbons (Fsp3) is 0.500. The first-order chi connectivity index (χ1) is 5.00. The summed E-state index contributed by atoms with van der Waals surface area (Å²) < 4.78 is 0. The lowest BCUT2D eigenvalue weighted by Gasteiger charge is -2.11. The molecular formula is C8H18N2. The Hall–Kier alpha value is -0.600. The predicted octanol–water partition coefficient (Wildman–Crippen LogP) is 0.784. The van der Waals surface area contributed by atoms with E-state index in [1.165, 1.54) is 0 Å². The van der Waals surface area contributed by atoms with Crippen molar-refractivity contribution in [2.45, 2.75) is 0 Å². The van der Waals surface area contributed by atoms with E-state index in [9.17, 15) is 0 Å². The fourth-order valence-electron chi connectivity index (χ4n) is 0.604. The van der Waals surface area contributed by atoms with Crippen molar-refractivity contribution in [1.29, 1.82) is 0 Å². The monoisotopic (exact) mass is 142 g/mol. The van der Waals surface area contributed by atoms with Gasteiger partial charge in [-0.15, -0.1) is 26.3 Å². The lowest BCUT2D eigenvalue weighted by Crippen LogP contribution is -2.39. The van der Waals surface area contributed by atoms with E-state index in [1.54, 1.807) is 0 Å². The summed E-state index contributed by atoms with van der Waals surface area (Å²) >= 11 is 0. The first kappa shape index (κ1) is 12.1. The van der Waals surface area contributed by atoms with Gasteiger partial charge < -0.3 is 10.6 Å². The smallest absolute Gasteiger partial charge is 0.00772 e. The zero-order valence-corrected chi connectivity index (χ0v) is 6.66. The van der Waals surface area contributed by atoms with Crippen LogP contribution in [0.15, 0.2) is 26.3 Å². The fourth-order valence-corrected chi connectivity index (χ4v) is 0.604. The molecule has 1 fully saturated rings. The molecule has 0 aromatic rings. The summed E-state index contributed by atoms with van der Waals surface area (Å²) in [7, 11) is 0. The van der Waals surface area contributed by atoms with Crippen LogP contribution in [0.4, 0.5) is 0 Å². The number of piperazine rings is 1. The summed E-state index contributed by atoms with van der Waals surface area (Å²) in [5, 5.41) is 6.44. The standard InChI is InChI=1S/C4H10N2.2C2H4/c1-2-6-4-3-5-1;2*1-2/h5-6H,1-4H2;2*1-2H2. The van der Waals surface area contributed by atoms with Crippen molar-refractivity contribution >= 4 is 0 Å². The third-order valence-corrected chi connectivity index (χ3v) is 0.957. The van der Waals surface area contributed by atoms with E-state index in [0.717, 1.165) is 26.2 Å². The molecule has 1 aliphatic rings. The van der Waals surface area contributed by atoms with Crippen LogP contribution in [0.1, 0.15) is 0 Å². The van der Waals surface area contributed by atoms with Gasteiger partial charge in [0.15, 0.2) is 0 Å². The van der Waals surface area contributed by atoms with Crippen LogP contribution in [0, 0.1) is 0 Å². The Balaban J connectivity index is 0. The lowest BCUT2D eigenvalue weighted by molar-refractivity contribution is 0.534. The van der Waals surface area contributed by atoms with Crippen LogP contribution in [0.3, 0.4) is 0 Å². The Labute approximate surface area is 64.0 Å². The zero-order chi connectivity index (χ0) is 8.24. The van der Waals surface area contributed by atoms with Crippen molar-refractivity contribution in [3.8, 4) is 0 Å². The molecule has 1 rings (SSSR count). The minimum absolute atomic E-state index is 1.14. The highest BCUT2D eigenvalue weighted by Crippen LogP contribution is 1.65. The van der Waals surface area contributed by atoms with Gasteiger partial charge in [0.2, 0.25) is 0 Å². The maximum absolute atomic E-state index is 3.22. The number of hydrogen-bond donors (Lipinski definition) is 2. The Morgan fingerprint density at radius 3 is 0.900 bits per heavy atom. The molecule has 0 bridgehead atoms. The van der Waals surface area contributed by atoms with Crippen molar-refractivity contribution < 1.29 is 0 Å². The van der Waals surface area contributed by atoms with Gasteiger partial charge in [0.1, 0.15) is 0 Å². The Morgan fingerprint density at radius 2 is 0.800 bits per heavy atom. The molecule has 0 amide bonds. The van der Waals surface area contributed by atoms with E-state index < -0.39 is 0 Å². The highest BCUT2D eigenvalue weighted by atomic mass is 15.0. The lowest BCUT2D eigenvalue weighted by atomic mass is 10.4. The summed E-state index contributed by atoms with van der Waals surface area (Å²) in [5.74, 6) is 0. The van der Waals surface area contributed by atoms with Gasteiger partial charge in [-0.3, -0.25) is 0 Å². The molecule has 0 aromatic heterocycles. The summed E-state index contributed by atoms with van der Waals surface area (Å²) in [6, 6.07) is 0. The van der Waals surface area contributed by atoms with Crippen LogP contribution in [0.2, 0.25) is 0 Å². The summed E-state index contributed by atoms with van der Waals surface area (Å²) in [5.41, 5.74) is 0. The van der Waals surface area contributed by atoms with Gasteiger partial charge in [-0.1, -0.05) is 0 Å². The second-order valence-corrected chi connectivity index (χ2v) is 1.50. The Kier molecular flexibility index (Phi) is 19.1. The third kappa shape index (κ3) is 10.4. The van der Waals surface area contributed by atoms with E-state index in [2.05, 4.69) is 36.9 Å². The summed E-state index contributed by atoms with van der Waals surface area (Å²) in [4.78, 5) is 0. The number of hydrogen-bond acceptors (Lipinski definition) is 2. The van der Waals surface area contributed by atoms with Crippen LogP contribution in [-0.4, -0.2) is 26.2 Å². The molecule has 0 radical (unpaired) electrons. The molecule has 0 unspecified atom stereocenters. The molecule has 10 heavy (non-hydrogen) atoms. The highest BCUT2D eigenvalue weighted by molar-refractivity contribution is 4.59. The van der Waals surface area contributed by atoms with Crippen molar-refractivity contribution in [3.63, 3.8) is 0 Å². The Bertz CT molecular complexity index is 37.7. The minimum Gasteiger partial charge on any atom is -0.314 e. The van der Waals surface area contributed by atoms with Gasteiger partial charge in [0, 0.05) is 26.2 Å². The first-order valence-corrected chi connectivity index (χ1v) is 3.41. The van der Waals surface area contributed by atoms with Gasteiger partial charge in [0.25, 0.3) is 0 Å². The number of nitrogens with one attached hydrogen (secondary N) is 2. The molecular weight excluding hydrogens is 124 g/mol. The van der Waals surface area contributed by atoms with Gasteiger partial charge in [0.05, 0.1) is 0 Å². The van der Waals surface area contributed by atoms with Gasteiger partial charge in [-0.25, -0.2) is 0 Å². The van der Waals surface area contributed by atoms with Crippen LogP contribution in [-0.2, 0) is 0 Å². The normalized spacial score (nSPS) is 15.2. The minimum atomic E-state index is 1.14. The SMILES string of the molecule is C1CNCCN1.C=C.C=C. The maximum Gasteiger partial charge on any atom is 0.00772 e. The van der Waals surface area contributed by atoms with E-state index in [-0.39, 0.29) is 0 Å². The molecule has 0 aromatic carbocycles. The molecule has 0 spiro atoms. The number of rotatable bonds is 0. The largest absolute Gasteiger partial charge is 0.314 e. The molecule has 1 saturated heterocycles. The van der Waals surface area contributed by atoms with E-state index in [4.69, 9.17) is 0 Å². The molecule has 2 N–H and O–H groups in total. The van der Waals surface area contributed by atoms with E-state index in [0.29, 0.717) is 0 Å². The quantitative estimate of drug-likeness (QED) is 0.488. The van der Waals surface area contributed by atoms with E-state index >= 15 is 0 Å². The van der Waals surface area contributed by atoms with Crippen LogP contribution >= 0.6 is 0 Å². The molecule has 2 heteroatoms. The molecule has 2 nitrogen and oxygen atoms in total. The molecule has 0 aliphatic carbocycles. The van der Waals surface area contributed by atoms with Crippen LogP contribution < -0.4 is 10.6 Å². The Morgan fingerprint density at radius 1 is 0.600 bits per heavy atom. The summed E-state index contributed by atoms with van der Waals surface area (Å²) in [6.45, 7) is 16.6. The van der Waals surface area contributed by atoms with Gasteiger partial charge in [-0.2, -0.15) is 0 Å². The second kappa shape index (κ2) is 15.8. The highest BCUT2D eigenvalue weighted by Gasteiger charge is 1.91. The average molecular weight is 142 g/mol. The topological polar surface area (TPSA) is 24.1 Å². The molecule has 1 aliphatic heterocycles. The average Bonchev–Trinajstić information content (AvgIpc) is 2.14. The van der Waals surface area contributed by atoms with Gasteiger partial charge in [-0.05, 0) is 0 Å². The van der Waals surface area contributed by atoms with Crippen LogP contribution in [0.25, 0.3) is 0 Å². The van der Waals surface area contributed by atoms with Crippen molar-refractivity contribution in [2.24, 2.45) is 0 Å². The van der Waals surface area contributed by atoms with Crippen molar-refractivity contribution in [3.05, 3.63) is 26.3 Å². The maximum atomic E-state index is 3.22. The molecule has 0 atom stereocenters. The van der Waals surface area contributed by atoms with Crippen molar-refractivity contribution in [2.75, 3.05) is 26.2 Å². The second-order valence-electron chi connectivity index (χ2n) is 1.50.